The van der Waals surface area contributed by atoms with Crippen molar-refractivity contribution in [1.29, 1.82) is 0 Å². The normalized spacial score (nSPS) is 47.4. The molecule has 0 radical (unpaired) electrons. The molecule has 70 valence electrons. The van der Waals surface area contributed by atoms with Gasteiger partial charge in [0.05, 0.1) is 0 Å². The van der Waals surface area contributed by atoms with E-state index in [1.807, 2.05) is 0 Å². The molecule has 0 aliphatic heterocycles. The molecule has 3 rings (SSSR count). The summed E-state index contributed by atoms with van der Waals surface area (Å²) < 4.78 is 0. The smallest absolute Gasteiger partial charge is 0.0164 e. The van der Waals surface area contributed by atoms with Gasteiger partial charge in [0.1, 0.15) is 0 Å². The standard InChI is InChI=1S/C13H18/c1-2-5-11-9-13-7-3-6-12(13)8-10(11)4-1/h1-2,4-5,10-13H,3,6-9H2. The third kappa shape index (κ3) is 1.27. The third-order valence-electron chi connectivity index (χ3n) is 4.34. The van der Waals surface area contributed by atoms with Crippen LogP contribution in [0.25, 0.3) is 0 Å². The van der Waals surface area contributed by atoms with Gasteiger partial charge < -0.3 is 0 Å². The molecule has 0 amide bonds. The lowest BCUT2D eigenvalue weighted by Crippen LogP contribution is -2.27. The molecule has 4 atom stereocenters. The van der Waals surface area contributed by atoms with Crippen LogP contribution >= 0.6 is 0 Å². The molecule has 2 saturated carbocycles. The summed E-state index contributed by atoms with van der Waals surface area (Å²) in [4.78, 5) is 0. The zero-order valence-electron chi connectivity index (χ0n) is 8.15. The monoisotopic (exact) mass is 174 g/mol. The zero-order valence-corrected chi connectivity index (χ0v) is 8.15. The highest BCUT2D eigenvalue weighted by atomic mass is 14.4. The Morgan fingerprint density at radius 1 is 0.769 bits per heavy atom. The fourth-order valence-corrected chi connectivity index (χ4v) is 3.64. The van der Waals surface area contributed by atoms with Crippen molar-refractivity contribution in [1.82, 2.24) is 0 Å². The topological polar surface area (TPSA) is 0 Å². The second kappa shape index (κ2) is 3.01. The Morgan fingerprint density at radius 2 is 1.31 bits per heavy atom. The van der Waals surface area contributed by atoms with Gasteiger partial charge in [0.2, 0.25) is 0 Å². The minimum absolute atomic E-state index is 0.893. The lowest BCUT2D eigenvalue weighted by atomic mass is 9.68. The highest BCUT2D eigenvalue weighted by Gasteiger charge is 2.37. The van der Waals surface area contributed by atoms with Crippen LogP contribution in [-0.2, 0) is 0 Å². The number of rotatable bonds is 0. The third-order valence-corrected chi connectivity index (χ3v) is 4.34. The minimum atomic E-state index is 0.893. The van der Waals surface area contributed by atoms with Crippen LogP contribution in [0.5, 0.6) is 0 Å². The van der Waals surface area contributed by atoms with Gasteiger partial charge in [-0.3, -0.25) is 0 Å². The Hall–Kier alpha value is -0.520. The average molecular weight is 174 g/mol. The quantitative estimate of drug-likeness (QED) is 0.527. The summed E-state index contributed by atoms with van der Waals surface area (Å²) in [6.07, 6.45) is 16.9. The van der Waals surface area contributed by atoms with Crippen molar-refractivity contribution in [3.05, 3.63) is 24.3 Å². The van der Waals surface area contributed by atoms with Gasteiger partial charge in [-0.25, -0.2) is 0 Å². The van der Waals surface area contributed by atoms with Crippen molar-refractivity contribution >= 4 is 0 Å². The van der Waals surface area contributed by atoms with E-state index >= 15 is 0 Å². The summed E-state index contributed by atoms with van der Waals surface area (Å²) in [5.74, 6) is 3.95. The van der Waals surface area contributed by atoms with E-state index in [0.29, 0.717) is 0 Å². The highest BCUT2D eigenvalue weighted by molar-refractivity contribution is 5.16. The highest BCUT2D eigenvalue weighted by Crippen LogP contribution is 2.48. The molecule has 3 aliphatic rings. The second-order valence-corrected chi connectivity index (χ2v) is 5.02. The van der Waals surface area contributed by atoms with Crippen LogP contribution in [0.2, 0.25) is 0 Å². The Morgan fingerprint density at radius 3 is 1.85 bits per heavy atom. The molecule has 0 heterocycles. The van der Waals surface area contributed by atoms with Crippen LogP contribution in [0.1, 0.15) is 32.1 Å². The fraction of sp³-hybridized carbons (Fsp3) is 0.692. The maximum atomic E-state index is 2.44. The first-order valence-electron chi connectivity index (χ1n) is 5.78. The number of hydrogen-bond donors (Lipinski definition) is 0. The van der Waals surface area contributed by atoms with Crippen LogP contribution in [0.15, 0.2) is 24.3 Å². The summed E-state index contributed by atoms with van der Waals surface area (Å²) >= 11 is 0. The maximum Gasteiger partial charge on any atom is -0.0164 e. The number of allylic oxidation sites excluding steroid dienone is 4. The molecule has 0 saturated heterocycles. The van der Waals surface area contributed by atoms with Crippen molar-refractivity contribution in [3.8, 4) is 0 Å². The van der Waals surface area contributed by atoms with Crippen LogP contribution in [0, 0.1) is 23.7 Å². The fourth-order valence-electron chi connectivity index (χ4n) is 3.64. The molecule has 0 heteroatoms. The van der Waals surface area contributed by atoms with E-state index < -0.39 is 0 Å². The summed E-state index contributed by atoms with van der Waals surface area (Å²) in [5.41, 5.74) is 0. The van der Waals surface area contributed by atoms with Crippen LogP contribution in [0.4, 0.5) is 0 Å². The first kappa shape index (κ1) is 7.84. The number of hydrogen-bond acceptors (Lipinski definition) is 0. The Bertz CT molecular complexity index is 223. The first-order valence-corrected chi connectivity index (χ1v) is 5.78. The van der Waals surface area contributed by atoms with Crippen LogP contribution in [0.3, 0.4) is 0 Å². The predicted molar refractivity (Wildman–Crippen MR) is 55.3 cm³/mol. The molecule has 0 N–H and O–H groups in total. The van der Waals surface area contributed by atoms with Gasteiger partial charge in [-0.1, -0.05) is 43.6 Å². The predicted octanol–water partition coefficient (Wildman–Crippen LogP) is 3.55. The largest absolute Gasteiger partial charge is 0.0808 e. The molecule has 13 heavy (non-hydrogen) atoms. The van der Waals surface area contributed by atoms with Gasteiger partial charge in [0.15, 0.2) is 0 Å². The molecule has 0 aromatic heterocycles. The molecular formula is C13H18. The Kier molecular flexibility index (Phi) is 1.81. The van der Waals surface area contributed by atoms with E-state index in [4.69, 9.17) is 0 Å². The lowest BCUT2D eigenvalue weighted by Gasteiger charge is -2.37. The molecule has 0 nitrogen and oxygen atoms in total. The van der Waals surface area contributed by atoms with E-state index in [1.165, 1.54) is 32.1 Å². The molecule has 0 aromatic carbocycles. The SMILES string of the molecule is C1=CC2CC3CCCC3CC2C=C1. The lowest BCUT2D eigenvalue weighted by molar-refractivity contribution is 0.190. The van der Waals surface area contributed by atoms with Crippen LogP contribution in [-0.4, -0.2) is 0 Å². The molecule has 0 spiro atoms. The molecule has 3 aliphatic carbocycles. The molecule has 4 unspecified atom stereocenters. The van der Waals surface area contributed by atoms with E-state index in [-0.39, 0.29) is 0 Å². The van der Waals surface area contributed by atoms with Crippen molar-refractivity contribution in [3.63, 3.8) is 0 Å². The summed E-state index contributed by atoms with van der Waals surface area (Å²) in [6, 6.07) is 0. The van der Waals surface area contributed by atoms with Gasteiger partial charge in [-0.2, -0.15) is 0 Å². The molecule has 0 aromatic rings. The maximum absolute atomic E-state index is 2.44. The number of fused-ring (bicyclic) bond motifs is 2. The van der Waals surface area contributed by atoms with Gasteiger partial charge in [-0.05, 0) is 36.5 Å². The van der Waals surface area contributed by atoms with Gasteiger partial charge in [0.25, 0.3) is 0 Å². The van der Waals surface area contributed by atoms with Crippen molar-refractivity contribution < 1.29 is 0 Å². The molecular weight excluding hydrogens is 156 g/mol. The second-order valence-electron chi connectivity index (χ2n) is 5.02. The van der Waals surface area contributed by atoms with Gasteiger partial charge in [0, 0.05) is 0 Å². The van der Waals surface area contributed by atoms with Crippen molar-refractivity contribution in [2.24, 2.45) is 23.7 Å². The van der Waals surface area contributed by atoms with E-state index in [0.717, 1.165) is 23.7 Å². The van der Waals surface area contributed by atoms with Gasteiger partial charge >= 0.3 is 0 Å². The summed E-state index contributed by atoms with van der Waals surface area (Å²) in [5, 5.41) is 0. The molecule has 0 bridgehead atoms. The van der Waals surface area contributed by atoms with Gasteiger partial charge in [-0.15, -0.1) is 0 Å². The van der Waals surface area contributed by atoms with E-state index in [9.17, 15) is 0 Å². The first-order chi connectivity index (χ1) is 6.43. The summed E-state index contributed by atoms with van der Waals surface area (Å²) in [6.45, 7) is 0. The molecule has 2 fully saturated rings. The van der Waals surface area contributed by atoms with E-state index in [2.05, 4.69) is 24.3 Å². The Labute approximate surface area is 80.7 Å². The van der Waals surface area contributed by atoms with Crippen molar-refractivity contribution in [2.75, 3.05) is 0 Å². The minimum Gasteiger partial charge on any atom is -0.0808 e. The van der Waals surface area contributed by atoms with Crippen LogP contribution < -0.4 is 0 Å². The average Bonchev–Trinajstić information content (AvgIpc) is 2.61. The zero-order chi connectivity index (χ0) is 8.67. The van der Waals surface area contributed by atoms with Crippen molar-refractivity contribution in [2.45, 2.75) is 32.1 Å². The van der Waals surface area contributed by atoms with E-state index in [1.54, 1.807) is 0 Å². The summed E-state index contributed by atoms with van der Waals surface area (Å²) in [7, 11) is 0. The Balaban J connectivity index is 1.80.